The van der Waals surface area contributed by atoms with Crippen LogP contribution in [0.1, 0.15) is 87.1 Å². The van der Waals surface area contributed by atoms with Gasteiger partial charge in [-0.2, -0.15) is 26.3 Å². The van der Waals surface area contributed by atoms with Crippen molar-refractivity contribution in [2.75, 3.05) is 13.2 Å². The molecule has 0 aliphatic carbocycles. The average Bonchev–Trinajstić information content (AvgIpc) is 2.90. The van der Waals surface area contributed by atoms with Gasteiger partial charge in [0, 0.05) is 17.4 Å². The first-order valence-electron chi connectivity index (χ1n) is 14.0. The van der Waals surface area contributed by atoms with Gasteiger partial charge in [0.05, 0.1) is 13.2 Å². The van der Waals surface area contributed by atoms with Crippen molar-refractivity contribution in [2.24, 2.45) is 0 Å². The van der Waals surface area contributed by atoms with Crippen molar-refractivity contribution >= 4 is 5.97 Å². The molecule has 0 aliphatic rings. The van der Waals surface area contributed by atoms with Crippen molar-refractivity contribution in [3.8, 4) is 17.6 Å². The second kappa shape index (κ2) is 14.3. The minimum Gasteiger partial charge on any atom is -0.493 e. The Kier molecular flexibility index (Phi) is 11.9. The highest BCUT2D eigenvalue weighted by atomic mass is 19.4. The molecule has 0 spiro atoms. The van der Waals surface area contributed by atoms with Crippen LogP contribution in [0.3, 0.4) is 0 Å². The van der Waals surface area contributed by atoms with Crippen LogP contribution >= 0.6 is 0 Å². The normalized spacial score (nSPS) is 12.5. The molecule has 2 aromatic rings. The second-order valence-corrected chi connectivity index (χ2v) is 10.2. The van der Waals surface area contributed by atoms with Gasteiger partial charge >= 0.3 is 23.9 Å². The lowest BCUT2D eigenvalue weighted by atomic mass is 9.70. The quantitative estimate of drug-likeness (QED) is 0.116. The monoisotopic (exact) mass is 600 g/mol. The summed E-state index contributed by atoms with van der Waals surface area (Å²) in [5.74, 6) is 3.45. The zero-order chi connectivity index (χ0) is 31.8. The van der Waals surface area contributed by atoms with E-state index in [4.69, 9.17) is 9.47 Å². The van der Waals surface area contributed by atoms with Gasteiger partial charge in [-0.25, -0.2) is 0 Å². The Balaban J connectivity index is 2.26. The third-order valence-electron chi connectivity index (χ3n) is 7.50. The van der Waals surface area contributed by atoms with E-state index in [-0.39, 0.29) is 11.5 Å². The van der Waals surface area contributed by atoms with Crippen LogP contribution in [0.4, 0.5) is 26.3 Å². The van der Waals surface area contributed by atoms with E-state index in [1.807, 2.05) is 44.9 Å². The molecule has 0 bridgehead atoms. The highest BCUT2D eigenvalue weighted by molar-refractivity contribution is 5.69. The molecule has 0 atom stereocenters. The molecule has 10 heteroatoms. The number of aryl methyl sites for hydroxylation is 2. The molecule has 0 heterocycles. The van der Waals surface area contributed by atoms with E-state index in [1.54, 1.807) is 26.0 Å². The van der Waals surface area contributed by atoms with Crippen molar-refractivity contribution in [1.82, 2.24) is 0 Å². The average molecular weight is 601 g/mol. The van der Waals surface area contributed by atoms with Crippen LogP contribution in [0.25, 0.3) is 0 Å². The zero-order valence-electron chi connectivity index (χ0n) is 24.6. The number of rotatable bonds is 12. The number of esters is 1. The van der Waals surface area contributed by atoms with Crippen LogP contribution < -0.4 is 4.74 Å². The van der Waals surface area contributed by atoms with Crippen molar-refractivity contribution in [3.05, 3.63) is 64.2 Å². The van der Waals surface area contributed by atoms with E-state index in [0.29, 0.717) is 38.0 Å². The smallest absolute Gasteiger partial charge is 0.438 e. The Bertz CT molecular complexity index is 1250. The highest BCUT2D eigenvalue weighted by Gasteiger charge is 2.70. The van der Waals surface area contributed by atoms with Gasteiger partial charge in [0.2, 0.25) is 0 Å². The molecule has 0 fully saturated rings. The molecule has 0 saturated heterocycles. The number of alkyl halides is 6. The number of ether oxygens (including phenoxy) is 2. The third-order valence-corrected chi connectivity index (χ3v) is 7.50. The maximum atomic E-state index is 13.0. The Morgan fingerprint density at radius 3 is 1.90 bits per heavy atom. The molecule has 0 radical (unpaired) electrons. The molecule has 0 amide bonds. The summed E-state index contributed by atoms with van der Waals surface area (Å²) < 4.78 is 89.1. The lowest BCUT2D eigenvalue weighted by Crippen LogP contribution is -2.55. The van der Waals surface area contributed by atoms with Gasteiger partial charge in [-0.1, -0.05) is 44.0 Å². The minimum absolute atomic E-state index is 0.0473. The first-order chi connectivity index (χ1) is 19.6. The molecule has 0 unspecified atom stereocenters. The predicted octanol–water partition coefficient (Wildman–Crippen LogP) is 8.12. The van der Waals surface area contributed by atoms with Crippen LogP contribution in [0.15, 0.2) is 36.4 Å². The fraction of sp³-hybridized carbons (Fsp3) is 0.531. The molecule has 0 aromatic heterocycles. The number of halogens is 6. The molecule has 4 nitrogen and oxygen atoms in total. The molecule has 2 rings (SSSR count). The molecule has 0 aliphatic heterocycles. The van der Waals surface area contributed by atoms with E-state index < -0.39 is 23.4 Å². The molecule has 1 N–H and O–H groups in total. The number of unbranched alkanes of at least 4 members (excludes halogenated alkanes) is 2. The molecule has 232 valence electrons. The van der Waals surface area contributed by atoms with Gasteiger partial charge in [0.25, 0.3) is 0 Å². The minimum atomic E-state index is -6.01. The summed E-state index contributed by atoms with van der Waals surface area (Å²) in [6.45, 7) is 10.1. The molecule has 42 heavy (non-hydrogen) atoms. The summed E-state index contributed by atoms with van der Waals surface area (Å²) in [5, 5.41) is 9.37. The number of carbonyl (C=O) groups excluding carboxylic acids is 1. The van der Waals surface area contributed by atoms with E-state index >= 15 is 0 Å². The molecule has 0 saturated carbocycles. The van der Waals surface area contributed by atoms with E-state index in [9.17, 15) is 36.2 Å². The number of carbonyl (C=O) groups is 1. The Labute approximate surface area is 243 Å². The summed E-state index contributed by atoms with van der Waals surface area (Å²) >= 11 is 0. The molecule has 2 aromatic carbocycles. The summed E-state index contributed by atoms with van der Waals surface area (Å²) in [5.41, 5.74) is -2.52. The van der Waals surface area contributed by atoms with Crippen molar-refractivity contribution in [2.45, 2.75) is 96.5 Å². The highest BCUT2D eigenvalue weighted by Crippen LogP contribution is 2.43. The number of aliphatic hydroxyl groups is 1. The van der Waals surface area contributed by atoms with Gasteiger partial charge in [-0.3, -0.25) is 4.79 Å². The fourth-order valence-electron chi connectivity index (χ4n) is 4.87. The Hall–Kier alpha value is -3.19. The van der Waals surface area contributed by atoms with Crippen LogP contribution in [-0.4, -0.2) is 42.2 Å². The Morgan fingerprint density at radius 1 is 0.833 bits per heavy atom. The van der Waals surface area contributed by atoms with Gasteiger partial charge in [0.15, 0.2) is 0 Å². The lowest BCUT2D eigenvalue weighted by Gasteiger charge is -2.34. The number of benzene rings is 2. The van der Waals surface area contributed by atoms with Gasteiger partial charge in [-0.15, -0.1) is 0 Å². The van der Waals surface area contributed by atoms with E-state index in [1.165, 1.54) is 6.07 Å². The van der Waals surface area contributed by atoms with Gasteiger partial charge < -0.3 is 14.6 Å². The first-order valence-corrected chi connectivity index (χ1v) is 14.0. The maximum Gasteiger partial charge on any atom is 0.438 e. The SMILES string of the molecule is CCOC(=O)CCCCCOc1ccc(C(CC)(CC)c2ccc(C#CC(O)(C(F)(F)F)C(F)(F)F)c(C)c2)cc1C. The topological polar surface area (TPSA) is 55.8 Å². The largest absolute Gasteiger partial charge is 0.493 e. The first kappa shape index (κ1) is 35.0. The Morgan fingerprint density at radius 2 is 1.40 bits per heavy atom. The maximum absolute atomic E-state index is 13.0. The second-order valence-electron chi connectivity index (χ2n) is 10.2. The van der Waals surface area contributed by atoms with Crippen LogP contribution in [0.2, 0.25) is 0 Å². The van der Waals surface area contributed by atoms with Crippen LogP contribution in [-0.2, 0) is 14.9 Å². The van der Waals surface area contributed by atoms with E-state index in [0.717, 1.165) is 47.6 Å². The van der Waals surface area contributed by atoms with Crippen molar-refractivity contribution in [3.63, 3.8) is 0 Å². The standard InChI is InChI=1S/C32H38F6O4/c1-6-29(7-2,26-15-16-27(23(5)21-26)42-19-11-9-10-12-28(39)41-8-3)25-14-13-24(22(4)20-25)17-18-30(40,31(33,34)35)32(36,37)38/h13-16,20-21,40H,6-12,19H2,1-5H3. The molecular weight excluding hydrogens is 562 g/mol. The third kappa shape index (κ3) is 8.00. The molecular formula is C32H38F6O4. The predicted molar refractivity (Wildman–Crippen MR) is 148 cm³/mol. The van der Waals surface area contributed by atoms with Crippen molar-refractivity contribution in [1.29, 1.82) is 0 Å². The zero-order valence-corrected chi connectivity index (χ0v) is 24.6. The number of hydrogen-bond acceptors (Lipinski definition) is 4. The van der Waals surface area contributed by atoms with Crippen molar-refractivity contribution < 1.29 is 45.7 Å². The summed E-state index contributed by atoms with van der Waals surface area (Å²) in [7, 11) is 0. The summed E-state index contributed by atoms with van der Waals surface area (Å²) in [4.78, 5) is 11.4. The van der Waals surface area contributed by atoms with Crippen LogP contribution in [0, 0.1) is 25.7 Å². The van der Waals surface area contributed by atoms with Gasteiger partial charge in [-0.05, 0) is 93.2 Å². The lowest BCUT2D eigenvalue weighted by molar-refractivity contribution is -0.343. The van der Waals surface area contributed by atoms with Crippen LogP contribution in [0.5, 0.6) is 5.75 Å². The fourth-order valence-corrected chi connectivity index (χ4v) is 4.87. The summed E-state index contributed by atoms with van der Waals surface area (Å²) in [6, 6.07) is 10.6. The summed E-state index contributed by atoms with van der Waals surface area (Å²) in [6.07, 6.45) is -7.94. The van der Waals surface area contributed by atoms with E-state index in [2.05, 4.69) is 0 Å². The van der Waals surface area contributed by atoms with Gasteiger partial charge in [0.1, 0.15) is 5.75 Å². The number of hydrogen-bond donors (Lipinski definition) is 1.